The fraction of sp³-hybridized carbons (Fsp3) is 0.769. The molecule has 10 nitrogen and oxygen atoms in total. The average Bonchev–Trinajstić information content (AvgIpc) is 3.43. The van der Waals surface area contributed by atoms with Crippen molar-refractivity contribution in [2.75, 3.05) is 65.6 Å². The lowest BCUT2D eigenvalue weighted by molar-refractivity contribution is -0.121. The Morgan fingerprint density at radius 3 is 2.49 bits per heavy atom. The zero-order valence-electron chi connectivity index (χ0n) is 22.3. The number of nitrogens with one attached hydrogen (secondary N) is 4. The van der Waals surface area contributed by atoms with Gasteiger partial charge >= 0.3 is 6.03 Å². The molecule has 2 aliphatic heterocycles. The highest BCUT2D eigenvalue weighted by Gasteiger charge is 2.42. The van der Waals surface area contributed by atoms with Crippen molar-refractivity contribution in [2.24, 2.45) is 0 Å². The van der Waals surface area contributed by atoms with Crippen molar-refractivity contribution < 1.29 is 28.5 Å². The van der Waals surface area contributed by atoms with Gasteiger partial charge in [0.25, 0.3) is 0 Å². The molecule has 2 rings (SSSR count). The Labute approximate surface area is 226 Å². The number of amides is 3. The van der Waals surface area contributed by atoms with Crippen molar-refractivity contribution in [1.82, 2.24) is 21.3 Å². The van der Waals surface area contributed by atoms with E-state index in [1.165, 1.54) is 0 Å². The Bertz CT molecular complexity index is 711. The van der Waals surface area contributed by atoms with Crippen molar-refractivity contribution in [1.29, 1.82) is 0 Å². The fourth-order valence-electron chi connectivity index (χ4n) is 4.12. The van der Waals surface area contributed by atoms with E-state index in [9.17, 15) is 9.59 Å². The van der Waals surface area contributed by atoms with E-state index < -0.39 is 0 Å². The largest absolute Gasteiger partial charge is 0.499 e. The normalized spacial score (nSPS) is 20.1. The topological polar surface area (TPSA) is 119 Å². The second kappa shape index (κ2) is 19.2. The van der Waals surface area contributed by atoms with Gasteiger partial charge in [0.1, 0.15) is 12.4 Å². The van der Waals surface area contributed by atoms with E-state index in [1.54, 1.807) is 7.11 Å². The van der Waals surface area contributed by atoms with Crippen LogP contribution in [0.25, 0.3) is 0 Å². The number of urea groups is 1. The van der Waals surface area contributed by atoms with Gasteiger partial charge in [0.05, 0.1) is 45.6 Å². The Morgan fingerprint density at radius 2 is 1.68 bits per heavy atom. The maximum absolute atomic E-state index is 11.8. The van der Waals surface area contributed by atoms with Crippen molar-refractivity contribution >= 4 is 23.7 Å². The Kier molecular flexibility index (Phi) is 16.2. The van der Waals surface area contributed by atoms with Crippen molar-refractivity contribution in [3.05, 3.63) is 24.6 Å². The highest BCUT2D eigenvalue weighted by atomic mass is 32.2. The van der Waals surface area contributed by atoms with E-state index in [-0.39, 0.29) is 18.0 Å². The molecule has 2 heterocycles. The van der Waals surface area contributed by atoms with E-state index in [2.05, 4.69) is 34.4 Å². The highest BCUT2D eigenvalue weighted by Crippen LogP contribution is 2.33. The summed E-state index contributed by atoms with van der Waals surface area (Å²) in [6.07, 6.45) is 6.44. The zero-order chi connectivity index (χ0) is 26.7. The predicted octanol–water partition coefficient (Wildman–Crippen LogP) is 2.31. The molecule has 0 saturated carbocycles. The molecule has 0 bridgehead atoms. The fourth-order valence-corrected chi connectivity index (χ4v) is 5.67. The lowest BCUT2D eigenvalue weighted by Crippen LogP contribution is -2.36. The predicted molar refractivity (Wildman–Crippen MR) is 147 cm³/mol. The first-order chi connectivity index (χ1) is 18.0. The maximum atomic E-state index is 11.8. The molecule has 0 spiro atoms. The first kappa shape index (κ1) is 31.3. The van der Waals surface area contributed by atoms with Gasteiger partial charge in [-0.25, -0.2) is 4.79 Å². The molecule has 2 fully saturated rings. The molecule has 37 heavy (non-hydrogen) atoms. The van der Waals surface area contributed by atoms with Crippen LogP contribution in [-0.2, 0) is 23.7 Å². The van der Waals surface area contributed by atoms with Crippen LogP contribution in [0.3, 0.4) is 0 Å². The lowest BCUT2D eigenvalue weighted by Gasteiger charge is -2.16. The molecule has 11 heteroatoms. The third-order valence-corrected chi connectivity index (χ3v) is 7.72. The highest BCUT2D eigenvalue weighted by molar-refractivity contribution is 8.00. The van der Waals surface area contributed by atoms with Crippen LogP contribution >= 0.6 is 11.8 Å². The summed E-state index contributed by atoms with van der Waals surface area (Å²) >= 11 is 1.96. The smallest absolute Gasteiger partial charge is 0.315 e. The minimum absolute atomic E-state index is 0.0211. The lowest BCUT2D eigenvalue weighted by atomic mass is 10.0. The number of thioether (sulfide) groups is 1. The van der Waals surface area contributed by atoms with Crippen LogP contribution in [0.15, 0.2) is 24.6 Å². The van der Waals surface area contributed by atoms with E-state index in [1.807, 2.05) is 11.8 Å². The molecule has 2 aliphatic rings. The van der Waals surface area contributed by atoms with Gasteiger partial charge in [-0.3, -0.25) is 4.79 Å². The number of carbonyl (C=O) groups excluding carboxylic acids is 2. The summed E-state index contributed by atoms with van der Waals surface area (Å²) in [5, 5.41) is 12.7. The molecule has 0 aromatic carbocycles. The molecule has 3 atom stereocenters. The number of fused-ring (bicyclic) bond motifs is 1. The van der Waals surface area contributed by atoms with Gasteiger partial charge in [-0.1, -0.05) is 19.6 Å². The van der Waals surface area contributed by atoms with Gasteiger partial charge in [-0.05, 0) is 32.1 Å². The van der Waals surface area contributed by atoms with Gasteiger partial charge in [-0.2, -0.15) is 11.8 Å². The minimum Gasteiger partial charge on any atom is -0.499 e. The molecule has 0 radical (unpaired) electrons. The maximum Gasteiger partial charge on any atom is 0.315 e. The van der Waals surface area contributed by atoms with Gasteiger partial charge < -0.3 is 40.2 Å². The van der Waals surface area contributed by atoms with Gasteiger partial charge in [0, 0.05) is 42.8 Å². The molecule has 0 aromatic heterocycles. The Hall–Kier alpha value is -1.95. The molecular weight excluding hydrogens is 496 g/mol. The number of unbranched alkanes of at least 4 members (excludes halogenated alkanes) is 2. The molecule has 1 unspecified atom stereocenters. The van der Waals surface area contributed by atoms with Crippen LogP contribution in [0.1, 0.15) is 44.9 Å². The average molecular weight is 543 g/mol. The standard InChI is InChI=1S/C26H46N4O6S/c1-20(8-4-5-9-23-25-22(19-37-23)29-26(32)30-25)27-11-14-34-13-7-6-10-24(31)28-12-15-35-16-17-36-18-21(2)33-3/h22-23,25,27H,1-2,4-19H2,3H3,(H,28,31)(H2,29,30,32)/t22-,23?,25-/m0/s1. The van der Waals surface area contributed by atoms with Crippen LogP contribution in [0.2, 0.25) is 0 Å². The third-order valence-electron chi connectivity index (χ3n) is 6.21. The monoisotopic (exact) mass is 542 g/mol. The first-order valence-corrected chi connectivity index (χ1v) is 14.4. The number of rotatable bonds is 23. The Morgan fingerprint density at radius 1 is 0.946 bits per heavy atom. The number of hydrogen-bond donors (Lipinski definition) is 4. The summed E-state index contributed by atoms with van der Waals surface area (Å²) in [4.78, 5) is 23.3. The molecule has 3 amide bonds. The summed E-state index contributed by atoms with van der Waals surface area (Å²) in [6.45, 7) is 12.0. The molecule has 212 valence electrons. The molecule has 4 N–H and O–H groups in total. The second-order valence-corrected chi connectivity index (χ2v) is 10.5. The first-order valence-electron chi connectivity index (χ1n) is 13.3. The summed E-state index contributed by atoms with van der Waals surface area (Å²) < 4.78 is 21.3. The van der Waals surface area contributed by atoms with Crippen molar-refractivity contribution in [3.8, 4) is 0 Å². The second-order valence-electron chi connectivity index (χ2n) is 9.23. The van der Waals surface area contributed by atoms with Crippen LogP contribution < -0.4 is 21.3 Å². The van der Waals surface area contributed by atoms with Gasteiger partial charge in [-0.15, -0.1) is 0 Å². The summed E-state index contributed by atoms with van der Waals surface area (Å²) in [5.74, 6) is 1.62. The van der Waals surface area contributed by atoms with E-state index in [0.717, 1.165) is 56.5 Å². The van der Waals surface area contributed by atoms with Crippen LogP contribution in [0.5, 0.6) is 0 Å². The zero-order valence-corrected chi connectivity index (χ0v) is 23.1. The van der Waals surface area contributed by atoms with Crippen molar-refractivity contribution in [3.63, 3.8) is 0 Å². The number of methoxy groups -OCH3 is 1. The summed E-state index contributed by atoms with van der Waals surface area (Å²) in [5.41, 5.74) is 1.04. The number of allylic oxidation sites excluding steroid dienone is 1. The minimum atomic E-state index is -0.0211. The summed E-state index contributed by atoms with van der Waals surface area (Å²) in [6, 6.07) is 0.563. The summed E-state index contributed by atoms with van der Waals surface area (Å²) in [7, 11) is 1.56. The van der Waals surface area contributed by atoms with Crippen LogP contribution in [-0.4, -0.2) is 94.9 Å². The van der Waals surface area contributed by atoms with Crippen molar-refractivity contribution in [2.45, 2.75) is 62.3 Å². The number of carbonyl (C=O) groups is 2. The van der Waals surface area contributed by atoms with E-state index in [4.69, 9.17) is 18.9 Å². The quantitative estimate of drug-likeness (QED) is 0.0883. The molecule has 0 aliphatic carbocycles. The van der Waals surface area contributed by atoms with Gasteiger partial charge in [0.2, 0.25) is 5.91 Å². The third kappa shape index (κ3) is 14.0. The van der Waals surface area contributed by atoms with E-state index in [0.29, 0.717) is 69.7 Å². The molecular formula is C26H46N4O6S. The Balaban J connectivity index is 1.29. The number of hydrogen-bond acceptors (Lipinski definition) is 8. The van der Waals surface area contributed by atoms with E-state index >= 15 is 0 Å². The SMILES string of the molecule is C=C(CCCCC1SC[C@@H]2NC(=O)N[C@H]12)NCCOCCCCC(=O)NCCOCCOCC(=C)OC. The van der Waals surface area contributed by atoms with Gasteiger partial charge in [0.15, 0.2) is 0 Å². The number of ether oxygens (including phenoxy) is 4. The van der Waals surface area contributed by atoms with Crippen LogP contribution in [0.4, 0.5) is 4.79 Å². The van der Waals surface area contributed by atoms with Crippen LogP contribution in [0, 0.1) is 0 Å². The molecule has 0 aromatic rings. The molecule has 2 saturated heterocycles.